The molecule has 158 valence electrons. The Morgan fingerprint density at radius 1 is 1.00 bits per heavy atom. The number of methoxy groups -OCH3 is 1. The molecule has 1 N–H and O–H groups in total. The molecule has 0 fully saturated rings. The fourth-order valence-electron chi connectivity index (χ4n) is 3.47. The number of imide groups is 1. The summed E-state index contributed by atoms with van der Waals surface area (Å²) < 4.78 is 16.3. The monoisotopic (exact) mass is 418 g/mol. The molecule has 4 rings (SSSR count). The summed E-state index contributed by atoms with van der Waals surface area (Å²) in [4.78, 5) is 27.8. The fourth-order valence-corrected chi connectivity index (χ4v) is 3.47. The quantitative estimate of drug-likeness (QED) is 0.555. The van der Waals surface area contributed by atoms with Crippen molar-refractivity contribution in [1.29, 1.82) is 0 Å². The third-order valence-corrected chi connectivity index (χ3v) is 4.85. The normalized spacial score (nSPS) is 13.7. The van der Waals surface area contributed by atoms with Gasteiger partial charge in [0.2, 0.25) is 0 Å². The van der Waals surface area contributed by atoms with Crippen LogP contribution in [0.1, 0.15) is 18.2 Å². The average molecular weight is 418 g/mol. The van der Waals surface area contributed by atoms with Crippen LogP contribution >= 0.6 is 0 Å². The summed E-state index contributed by atoms with van der Waals surface area (Å²) in [5.41, 5.74) is 1.59. The Bertz CT molecular complexity index is 1130. The average Bonchev–Trinajstić information content (AvgIpc) is 3.37. The van der Waals surface area contributed by atoms with Gasteiger partial charge in [-0.1, -0.05) is 24.3 Å². The van der Waals surface area contributed by atoms with Crippen LogP contribution in [0.2, 0.25) is 0 Å². The van der Waals surface area contributed by atoms with E-state index >= 15 is 0 Å². The molecule has 2 aromatic carbocycles. The number of nitrogens with zero attached hydrogens (tertiary/aromatic N) is 1. The van der Waals surface area contributed by atoms with Crippen molar-refractivity contribution >= 4 is 23.1 Å². The SMILES string of the molecule is CCOc1cccc(NC2=C(c3ccccc3OC)C(=O)N(Cc3ccco3)C2=O)c1. The minimum atomic E-state index is -0.441. The number of ether oxygens (including phenoxy) is 2. The Balaban J connectivity index is 1.77. The van der Waals surface area contributed by atoms with Gasteiger partial charge < -0.3 is 19.2 Å². The number of benzene rings is 2. The summed E-state index contributed by atoms with van der Waals surface area (Å²) in [5.74, 6) is 0.816. The van der Waals surface area contributed by atoms with Gasteiger partial charge in [0.15, 0.2) is 0 Å². The van der Waals surface area contributed by atoms with Gasteiger partial charge in [0.25, 0.3) is 11.8 Å². The molecule has 1 aromatic heterocycles. The summed E-state index contributed by atoms with van der Waals surface area (Å²) in [6, 6.07) is 17.8. The highest BCUT2D eigenvalue weighted by molar-refractivity contribution is 6.36. The van der Waals surface area contributed by atoms with Gasteiger partial charge in [-0.25, -0.2) is 0 Å². The number of nitrogens with one attached hydrogen (secondary N) is 1. The predicted octanol–water partition coefficient (Wildman–Crippen LogP) is 4.08. The first-order chi connectivity index (χ1) is 15.1. The largest absolute Gasteiger partial charge is 0.496 e. The van der Waals surface area contributed by atoms with Crippen molar-refractivity contribution < 1.29 is 23.5 Å². The van der Waals surface area contributed by atoms with E-state index in [0.29, 0.717) is 35.1 Å². The van der Waals surface area contributed by atoms with Crippen LogP contribution in [-0.2, 0) is 16.1 Å². The molecule has 2 amide bonds. The van der Waals surface area contributed by atoms with Crippen molar-refractivity contribution in [3.05, 3.63) is 83.9 Å². The second-order valence-electron chi connectivity index (χ2n) is 6.81. The van der Waals surface area contributed by atoms with Crippen LogP contribution in [0.5, 0.6) is 11.5 Å². The van der Waals surface area contributed by atoms with Crippen molar-refractivity contribution in [3.63, 3.8) is 0 Å². The smallest absolute Gasteiger partial charge is 0.278 e. The maximum absolute atomic E-state index is 13.4. The van der Waals surface area contributed by atoms with Gasteiger partial charge >= 0.3 is 0 Å². The second-order valence-corrected chi connectivity index (χ2v) is 6.81. The van der Waals surface area contributed by atoms with Crippen molar-refractivity contribution in [2.24, 2.45) is 0 Å². The molecule has 2 heterocycles. The zero-order valence-corrected chi connectivity index (χ0v) is 17.3. The van der Waals surface area contributed by atoms with Gasteiger partial charge in [0.05, 0.1) is 32.1 Å². The first-order valence-corrected chi connectivity index (χ1v) is 9.88. The molecule has 0 spiro atoms. The Morgan fingerprint density at radius 2 is 1.84 bits per heavy atom. The molecule has 1 aliphatic rings. The van der Waals surface area contributed by atoms with E-state index in [4.69, 9.17) is 13.9 Å². The van der Waals surface area contributed by atoms with Crippen molar-refractivity contribution in [2.45, 2.75) is 13.5 Å². The lowest BCUT2D eigenvalue weighted by atomic mass is 10.0. The van der Waals surface area contributed by atoms with Crippen LogP contribution in [0.25, 0.3) is 5.57 Å². The molecule has 1 aliphatic heterocycles. The van der Waals surface area contributed by atoms with Crippen molar-refractivity contribution in [2.75, 3.05) is 19.0 Å². The molecule has 0 aliphatic carbocycles. The third kappa shape index (κ3) is 4.02. The molecule has 0 saturated carbocycles. The lowest BCUT2D eigenvalue weighted by molar-refractivity contribution is -0.137. The highest BCUT2D eigenvalue weighted by Gasteiger charge is 2.40. The molecule has 0 bridgehead atoms. The van der Waals surface area contributed by atoms with Gasteiger partial charge in [-0.2, -0.15) is 0 Å². The molecular weight excluding hydrogens is 396 g/mol. The maximum atomic E-state index is 13.4. The number of hydrogen-bond donors (Lipinski definition) is 1. The Labute approximate surface area is 179 Å². The van der Waals surface area contributed by atoms with Crippen LogP contribution in [-0.4, -0.2) is 30.4 Å². The van der Waals surface area contributed by atoms with Crippen LogP contribution in [0.4, 0.5) is 5.69 Å². The number of hydrogen-bond acceptors (Lipinski definition) is 6. The number of amides is 2. The van der Waals surface area contributed by atoms with E-state index in [2.05, 4.69) is 5.32 Å². The first kappa shape index (κ1) is 20.3. The van der Waals surface area contributed by atoms with Crippen LogP contribution < -0.4 is 14.8 Å². The van der Waals surface area contributed by atoms with Crippen molar-refractivity contribution in [1.82, 2.24) is 4.90 Å². The molecule has 0 radical (unpaired) electrons. The number of para-hydroxylation sites is 1. The molecule has 0 unspecified atom stereocenters. The molecule has 31 heavy (non-hydrogen) atoms. The van der Waals surface area contributed by atoms with E-state index in [0.717, 1.165) is 4.90 Å². The Kier molecular flexibility index (Phi) is 5.75. The van der Waals surface area contributed by atoms with E-state index in [9.17, 15) is 9.59 Å². The number of carbonyl (C=O) groups excluding carboxylic acids is 2. The van der Waals surface area contributed by atoms with Gasteiger partial charge in [-0.3, -0.25) is 14.5 Å². The topological polar surface area (TPSA) is 81.0 Å². The summed E-state index contributed by atoms with van der Waals surface area (Å²) in [6.07, 6.45) is 1.51. The Hall–Kier alpha value is -4.00. The van der Waals surface area contributed by atoms with Gasteiger partial charge in [0, 0.05) is 17.3 Å². The molecule has 7 heteroatoms. The lowest BCUT2D eigenvalue weighted by Crippen LogP contribution is -2.31. The maximum Gasteiger partial charge on any atom is 0.278 e. The van der Waals surface area contributed by atoms with Gasteiger partial charge in [-0.15, -0.1) is 0 Å². The number of anilines is 1. The van der Waals surface area contributed by atoms with E-state index in [1.807, 2.05) is 31.2 Å². The fraction of sp³-hybridized carbons (Fsp3) is 0.167. The highest BCUT2D eigenvalue weighted by atomic mass is 16.5. The van der Waals surface area contributed by atoms with E-state index in [-0.39, 0.29) is 17.8 Å². The summed E-state index contributed by atoms with van der Waals surface area (Å²) in [6.45, 7) is 2.45. The molecule has 0 atom stereocenters. The first-order valence-electron chi connectivity index (χ1n) is 9.88. The van der Waals surface area contributed by atoms with Crippen LogP contribution in [0, 0.1) is 0 Å². The minimum absolute atomic E-state index is 0.0352. The molecule has 7 nitrogen and oxygen atoms in total. The van der Waals surface area contributed by atoms with E-state index in [1.54, 1.807) is 36.4 Å². The summed E-state index contributed by atoms with van der Waals surface area (Å²) in [5, 5.41) is 3.13. The lowest BCUT2D eigenvalue weighted by Gasteiger charge is -2.14. The van der Waals surface area contributed by atoms with Gasteiger partial charge in [0.1, 0.15) is 23.0 Å². The van der Waals surface area contributed by atoms with E-state index in [1.165, 1.54) is 13.4 Å². The van der Waals surface area contributed by atoms with Crippen molar-refractivity contribution in [3.8, 4) is 11.5 Å². The number of rotatable bonds is 8. The molecular formula is C24H22N2O5. The minimum Gasteiger partial charge on any atom is -0.496 e. The zero-order chi connectivity index (χ0) is 21.8. The summed E-state index contributed by atoms with van der Waals surface area (Å²) >= 11 is 0. The predicted molar refractivity (Wildman–Crippen MR) is 115 cm³/mol. The number of furan rings is 1. The molecule has 3 aromatic rings. The van der Waals surface area contributed by atoms with Crippen LogP contribution in [0.3, 0.4) is 0 Å². The Morgan fingerprint density at radius 3 is 2.58 bits per heavy atom. The highest BCUT2D eigenvalue weighted by Crippen LogP contribution is 2.36. The van der Waals surface area contributed by atoms with E-state index < -0.39 is 11.8 Å². The second kappa shape index (κ2) is 8.79. The summed E-state index contributed by atoms with van der Waals surface area (Å²) in [7, 11) is 1.53. The molecule has 0 saturated heterocycles. The number of carbonyl (C=O) groups is 2. The third-order valence-electron chi connectivity index (χ3n) is 4.85. The van der Waals surface area contributed by atoms with Crippen LogP contribution in [0.15, 0.2) is 77.0 Å². The standard InChI is InChI=1S/C24H22N2O5/c1-3-30-17-9-6-8-16(14-17)25-22-21(19-11-4-5-12-20(19)29-2)23(27)26(24(22)28)15-18-10-7-13-31-18/h4-14,25H,3,15H2,1-2H3. The van der Waals surface area contributed by atoms with Gasteiger partial charge in [-0.05, 0) is 37.3 Å². The zero-order valence-electron chi connectivity index (χ0n) is 17.3.